The van der Waals surface area contributed by atoms with Crippen molar-refractivity contribution in [2.75, 3.05) is 16.4 Å². The number of carbonyl (C=O) groups excluding carboxylic acids is 1. The number of rotatable bonds is 5. The van der Waals surface area contributed by atoms with Crippen LogP contribution in [0, 0.1) is 0 Å². The molecule has 4 N–H and O–H groups in total. The van der Waals surface area contributed by atoms with Crippen molar-refractivity contribution in [2.45, 2.75) is 6.54 Å². The lowest BCUT2D eigenvalue weighted by Crippen LogP contribution is -2.18. The number of thiophene rings is 1. The maximum Gasteiger partial charge on any atom is 0.294 e. The Kier molecular flexibility index (Phi) is 5.26. The first-order valence-corrected chi connectivity index (χ1v) is 10.9. The fraction of sp³-hybridized carbons (Fsp3) is 0.0455. The molecule has 1 aromatic carbocycles. The minimum atomic E-state index is -0.483. The van der Waals surface area contributed by atoms with Gasteiger partial charge in [-0.15, -0.1) is 11.3 Å². The summed E-state index contributed by atoms with van der Waals surface area (Å²) < 4.78 is 0.758. The average molecular weight is 462 g/mol. The van der Waals surface area contributed by atoms with E-state index in [1.54, 1.807) is 18.2 Å². The van der Waals surface area contributed by atoms with Crippen molar-refractivity contribution in [3.8, 4) is 0 Å². The molecule has 0 aliphatic rings. The molecule has 32 heavy (non-hydrogen) atoms. The van der Waals surface area contributed by atoms with Crippen LogP contribution in [0.1, 0.15) is 16.3 Å². The Hall–Kier alpha value is -3.82. The van der Waals surface area contributed by atoms with Crippen LogP contribution in [-0.2, 0) is 6.54 Å². The fourth-order valence-electron chi connectivity index (χ4n) is 3.31. The molecule has 5 rings (SSSR count). The Morgan fingerprint density at radius 3 is 2.75 bits per heavy atom. The van der Waals surface area contributed by atoms with Crippen LogP contribution in [0.2, 0.25) is 5.15 Å². The Morgan fingerprint density at radius 1 is 1.00 bits per heavy atom. The van der Waals surface area contributed by atoms with Crippen LogP contribution in [0.5, 0.6) is 0 Å². The van der Waals surface area contributed by atoms with E-state index in [1.165, 1.54) is 11.3 Å². The van der Waals surface area contributed by atoms with Crippen LogP contribution in [0.15, 0.2) is 60.0 Å². The van der Waals surface area contributed by atoms with E-state index in [0.29, 0.717) is 28.9 Å². The normalized spacial score (nSPS) is 11.0. The lowest BCUT2D eigenvalue weighted by Gasteiger charge is -2.12. The second-order valence-electron chi connectivity index (χ2n) is 6.90. The van der Waals surface area contributed by atoms with Gasteiger partial charge in [-0.05, 0) is 35.0 Å². The van der Waals surface area contributed by atoms with E-state index in [0.717, 1.165) is 21.2 Å². The average Bonchev–Trinajstić information content (AvgIpc) is 3.27. The third-order valence-electron chi connectivity index (χ3n) is 4.75. The summed E-state index contributed by atoms with van der Waals surface area (Å²) in [5.41, 5.74) is 7.36. The molecule has 158 valence electrons. The van der Waals surface area contributed by atoms with E-state index in [-0.39, 0.29) is 11.6 Å². The molecule has 4 aromatic heterocycles. The van der Waals surface area contributed by atoms with E-state index in [1.807, 2.05) is 41.8 Å². The number of halogens is 1. The van der Waals surface area contributed by atoms with Gasteiger partial charge in [-0.2, -0.15) is 0 Å². The number of hydrogen-bond acceptors (Lipinski definition) is 8. The summed E-state index contributed by atoms with van der Waals surface area (Å²) in [6.07, 6.45) is 0. The number of nitrogens with zero attached hydrogens (tertiary/aromatic N) is 4. The molecule has 1 amide bonds. The number of hydrogen-bond donors (Lipinski definition) is 3. The van der Waals surface area contributed by atoms with Crippen molar-refractivity contribution in [3.05, 3.63) is 76.6 Å². The molecular formula is C22H16ClN7OS. The van der Waals surface area contributed by atoms with Crippen molar-refractivity contribution in [1.82, 2.24) is 19.9 Å². The summed E-state index contributed by atoms with van der Waals surface area (Å²) in [5, 5.41) is 10.2. The minimum absolute atomic E-state index is 0.00818. The number of nitrogens with one attached hydrogen (secondary N) is 2. The number of anilines is 3. The topological polar surface area (TPSA) is 119 Å². The predicted octanol–water partition coefficient (Wildman–Crippen LogP) is 4.73. The number of fused-ring (bicyclic) bond motifs is 2. The van der Waals surface area contributed by atoms with Crippen molar-refractivity contribution in [1.29, 1.82) is 0 Å². The van der Waals surface area contributed by atoms with E-state index < -0.39 is 5.91 Å². The lowest BCUT2D eigenvalue weighted by atomic mass is 10.1. The van der Waals surface area contributed by atoms with Crippen LogP contribution in [0.3, 0.4) is 0 Å². The van der Waals surface area contributed by atoms with E-state index in [4.69, 9.17) is 17.3 Å². The number of aromatic nitrogens is 4. The standard InChI is InChI=1S/C22H16ClN7OS/c23-16-6-3-7-17(28-16)25-11-15-13-5-2-1-4-12(13)10-18(26-15)29-22(31)21-27-14-8-9-32-19(14)20(24)30-21/h1-10H,11H2,(H,25,28)(H2,24,27,30)(H,26,29,31). The summed E-state index contributed by atoms with van der Waals surface area (Å²) >= 11 is 7.40. The van der Waals surface area contributed by atoms with Gasteiger partial charge in [-0.1, -0.05) is 41.9 Å². The van der Waals surface area contributed by atoms with E-state index in [2.05, 4.69) is 30.6 Å². The highest BCUT2D eigenvalue weighted by Crippen LogP contribution is 2.25. The van der Waals surface area contributed by atoms with Crippen LogP contribution in [-0.4, -0.2) is 25.8 Å². The largest absolute Gasteiger partial charge is 0.382 e. The molecule has 0 bridgehead atoms. The number of pyridine rings is 2. The summed E-state index contributed by atoms with van der Waals surface area (Å²) in [7, 11) is 0. The van der Waals surface area contributed by atoms with Crippen LogP contribution in [0.4, 0.5) is 17.5 Å². The first-order valence-electron chi connectivity index (χ1n) is 9.64. The molecule has 0 fully saturated rings. The van der Waals surface area contributed by atoms with Crippen molar-refractivity contribution in [3.63, 3.8) is 0 Å². The highest BCUT2D eigenvalue weighted by Gasteiger charge is 2.15. The summed E-state index contributed by atoms with van der Waals surface area (Å²) in [4.78, 5) is 30.2. The molecule has 0 aliphatic carbocycles. The molecule has 5 aromatic rings. The van der Waals surface area contributed by atoms with Gasteiger partial charge in [0.15, 0.2) is 0 Å². The smallest absolute Gasteiger partial charge is 0.294 e. The summed E-state index contributed by atoms with van der Waals surface area (Å²) in [5.74, 6) is 0.803. The van der Waals surface area contributed by atoms with Gasteiger partial charge < -0.3 is 16.4 Å². The van der Waals surface area contributed by atoms with Gasteiger partial charge >= 0.3 is 0 Å². The molecule has 4 heterocycles. The number of amides is 1. The molecule has 0 atom stereocenters. The zero-order chi connectivity index (χ0) is 22.1. The molecule has 0 spiro atoms. The monoisotopic (exact) mass is 461 g/mol. The molecular weight excluding hydrogens is 446 g/mol. The quantitative estimate of drug-likeness (QED) is 0.323. The number of benzene rings is 1. The third kappa shape index (κ3) is 4.03. The Labute approximate surface area is 191 Å². The van der Waals surface area contributed by atoms with Crippen LogP contribution < -0.4 is 16.4 Å². The second kappa shape index (κ2) is 8.37. The highest BCUT2D eigenvalue weighted by molar-refractivity contribution is 7.17. The van der Waals surface area contributed by atoms with Crippen molar-refractivity contribution < 1.29 is 4.79 Å². The van der Waals surface area contributed by atoms with Crippen molar-refractivity contribution >= 4 is 67.3 Å². The summed E-state index contributed by atoms with van der Waals surface area (Å²) in [6, 6.07) is 16.8. The first-order chi connectivity index (χ1) is 15.6. The molecule has 0 radical (unpaired) electrons. The molecule has 0 saturated carbocycles. The lowest BCUT2D eigenvalue weighted by molar-refractivity contribution is 0.101. The predicted molar refractivity (Wildman–Crippen MR) is 128 cm³/mol. The van der Waals surface area contributed by atoms with Gasteiger partial charge in [-0.25, -0.2) is 19.9 Å². The molecule has 0 saturated heterocycles. The minimum Gasteiger partial charge on any atom is -0.382 e. The zero-order valence-electron chi connectivity index (χ0n) is 16.5. The number of carbonyl (C=O) groups is 1. The Bertz CT molecular complexity index is 1470. The van der Waals surface area contributed by atoms with Gasteiger partial charge in [-0.3, -0.25) is 4.79 Å². The first kappa shape index (κ1) is 20.1. The van der Waals surface area contributed by atoms with Crippen molar-refractivity contribution in [2.24, 2.45) is 0 Å². The Morgan fingerprint density at radius 2 is 1.88 bits per heavy atom. The van der Waals surface area contributed by atoms with Gasteiger partial charge in [0.1, 0.15) is 22.6 Å². The zero-order valence-corrected chi connectivity index (χ0v) is 18.1. The third-order valence-corrected chi connectivity index (χ3v) is 5.88. The number of nitrogens with two attached hydrogens (primary N) is 1. The van der Waals surface area contributed by atoms with Gasteiger partial charge in [0.05, 0.1) is 22.5 Å². The maximum absolute atomic E-state index is 12.8. The molecule has 10 heteroatoms. The highest BCUT2D eigenvalue weighted by atomic mass is 35.5. The van der Waals surface area contributed by atoms with Crippen LogP contribution in [0.25, 0.3) is 21.0 Å². The van der Waals surface area contributed by atoms with Gasteiger partial charge in [0.2, 0.25) is 5.82 Å². The van der Waals surface area contributed by atoms with Gasteiger partial charge in [0.25, 0.3) is 5.91 Å². The second-order valence-corrected chi connectivity index (χ2v) is 8.20. The van der Waals surface area contributed by atoms with E-state index in [9.17, 15) is 4.79 Å². The van der Waals surface area contributed by atoms with Gasteiger partial charge in [0, 0.05) is 5.39 Å². The molecule has 0 aliphatic heterocycles. The molecule has 0 unspecified atom stereocenters. The maximum atomic E-state index is 12.8. The molecule has 8 nitrogen and oxygen atoms in total. The SMILES string of the molecule is Nc1nc(C(=O)Nc2cc3ccccc3c(CNc3cccc(Cl)n3)n2)nc2ccsc12. The van der Waals surface area contributed by atoms with Crippen LogP contribution >= 0.6 is 22.9 Å². The fourth-order valence-corrected chi connectivity index (χ4v) is 4.21. The Balaban J connectivity index is 1.45. The van der Waals surface area contributed by atoms with E-state index >= 15 is 0 Å². The summed E-state index contributed by atoms with van der Waals surface area (Å²) in [6.45, 7) is 0.391. The number of nitrogen functional groups attached to an aromatic ring is 1.